The highest BCUT2D eigenvalue weighted by molar-refractivity contribution is 6.60. The Morgan fingerprint density at radius 2 is 2.00 bits per heavy atom. The van der Waals surface area contributed by atoms with Crippen molar-refractivity contribution in [1.29, 1.82) is 0 Å². The largest absolute Gasteiger partial charge is 0.500 e. The maximum absolute atomic E-state index is 5.73. The molecule has 4 nitrogen and oxygen atoms in total. The summed E-state index contributed by atoms with van der Waals surface area (Å²) in [7, 11) is 0.993. The number of rotatable bonds is 8. The summed E-state index contributed by atoms with van der Waals surface area (Å²) < 4.78 is 21.6. The van der Waals surface area contributed by atoms with Crippen molar-refractivity contribution in [3.05, 3.63) is 0 Å². The molecule has 1 fully saturated rings. The van der Waals surface area contributed by atoms with Gasteiger partial charge in [-0.25, -0.2) is 0 Å². The standard InChI is InChI=1S/C9H20O4Si/c1-4-7-14(10-2,11-3)13-6-5-9-8-12-9/h9H,4-8H2,1-3H3. The third-order valence-corrected chi connectivity index (χ3v) is 5.34. The van der Waals surface area contributed by atoms with Crippen LogP contribution >= 0.6 is 0 Å². The second-order valence-electron chi connectivity index (χ2n) is 3.43. The Hall–Kier alpha value is 0.0569. The molecule has 1 aliphatic rings. The highest BCUT2D eigenvalue weighted by atomic mass is 28.4. The summed E-state index contributed by atoms with van der Waals surface area (Å²) in [6.07, 6.45) is 2.39. The van der Waals surface area contributed by atoms with E-state index in [4.69, 9.17) is 18.0 Å². The van der Waals surface area contributed by atoms with Crippen LogP contribution in [-0.4, -0.2) is 42.3 Å². The van der Waals surface area contributed by atoms with Gasteiger partial charge in [-0.05, 0) is 6.42 Å². The molecule has 1 saturated heterocycles. The molecule has 0 radical (unpaired) electrons. The monoisotopic (exact) mass is 220 g/mol. The van der Waals surface area contributed by atoms with Gasteiger partial charge in [0, 0.05) is 26.9 Å². The summed E-state index contributed by atoms with van der Waals surface area (Å²) >= 11 is 0. The predicted octanol–water partition coefficient (Wildman–Crippen LogP) is 1.43. The van der Waals surface area contributed by atoms with Gasteiger partial charge in [-0.15, -0.1) is 0 Å². The summed E-state index contributed by atoms with van der Waals surface area (Å²) in [4.78, 5) is 0. The van der Waals surface area contributed by atoms with E-state index >= 15 is 0 Å². The van der Waals surface area contributed by atoms with Crippen LogP contribution < -0.4 is 0 Å². The average Bonchev–Trinajstić information content (AvgIpc) is 3.00. The zero-order valence-electron chi connectivity index (χ0n) is 9.25. The Balaban J connectivity index is 2.23. The first-order valence-electron chi connectivity index (χ1n) is 5.12. The van der Waals surface area contributed by atoms with Crippen molar-refractivity contribution in [3.8, 4) is 0 Å². The van der Waals surface area contributed by atoms with E-state index in [0.717, 1.165) is 25.5 Å². The van der Waals surface area contributed by atoms with Crippen LogP contribution in [0, 0.1) is 0 Å². The second-order valence-corrected chi connectivity index (χ2v) is 6.40. The third-order valence-electron chi connectivity index (χ3n) is 2.34. The van der Waals surface area contributed by atoms with Crippen molar-refractivity contribution in [2.75, 3.05) is 27.4 Å². The molecule has 0 aromatic rings. The normalized spacial score (nSPS) is 21.2. The minimum atomic E-state index is -2.34. The van der Waals surface area contributed by atoms with Gasteiger partial charge in [-0.3, -0.25) is 0 Å². The molecule has 0 bridgehead atoms. The number of hydrogen-bond acceptors (Lipinski definition) is 4. The van der Waals surface area contributed by atoms with Gasteiger partial charge in [0.25, 0.3) is 0 Å². The van der Waals surface area contributed by atoms with Crippen LogP contribution in [0.4, 0.5) is 0 Å². The fourth-order valence-electron chi connectivity index (χ4n) is 1.36. The van der Waals surface area contributed by atoms with Crippen LogP contribution in [0.2, 0.25) is 6.04 Å². The van der Waals surface area contributed by atoms with Gasteiger partial charge >= 0.3 is 8.80 Å². The zero-order valence-corrected chi connectivity index (χ0v) is 10.2. The molecular formula is C9H20O4Si. The summed E-state index contributed by atoms with van der Waals surface area (Å²) in [5.41, 5.74) is 0. The quantitative estimate of drug-likeness (QED) is 0.458. The van der Waals surface area contributed by atoms with E-state index in [0.29, 0.717) is 12.7 Å². The molecule has 1 unspecified atom stereocenters. The maximum Gasteiger partial charge on any atom is 0.500 e. The highest BCUT2D eigenvalue weighted by Gasteiger charge is 2.38. The van der Waals surface area contributed by atoms with Gasteiger partial charge in [0.15, 0.2) is 0 Å². The van der Waals surface area contributed by atoms with E-state index in [2.05, 4.69) is 6.92 Å². The lowest BCUT2D eigenvalue weighted by Crippen LogP contribution is -2.44. The first kappa shape index (κ1) is 12.1. The van der Waals surface area contributed by atoms with Crippen LogP contribution in [0.5, 0.6) is 0 Å². The van der Waals surface area contributed by atoms with Crippen LogP contribution in [0.3, 0.4) is 0 Å². The van der Waals surface area contributed by atoms with Gasteiger partial charge in [-0.1, -0.05) is 13.3 Å². The van der Waals surface area contributed by atoms with Crippen LogP contribution in [0.15, 0.2) is 0 Å². The lowest BCUT2D eigenvalue weighted by atomic mass is 10.4. The Kier molecular flexibility index (Phi) is 5.04. The minimum Gasteiger partial charge on any atom is -0.377 e. The maximum atomic E-state index is 5.73. The Morgan fingerprint density at radius 3 is 2.43 bits per heavy atom. The predicted molar refractivity (Wildman–Crippen MR) is 55.2 cm³/mol. The average molecular weight is 220 g/mol. The van der Waals surface area contributed by atoms with E-state index in [1.165, 1.54) is 0 Å². The molecule has 5 heteroatoms. The molecule has 1 atom stereocenters. The Morgan fingerprint density at radius 1 is 1.36 bits per heavy atom. The van der Waals surface area contributed by atoms with Crippen LogP contribution in [0.25, 0.3) is 0 Å². The zero-order chi connectivity index (χ0) is 10.4. The summed E-state index contributed by atoms with van der Waals surface area (Å²) in [5.74, 6) is 0. The molecule has 1 heterocycles. The molecule has 84 valence electrons. The topological polar surface area (TPSA) is 40.2 Å². The van der Waals surface area contributed by atoms with Crippen molar-refractivity contribution >= 4 is 8.80 Å². The first-order valence-corrected chi connectivity index (χ1v) is 7.05. The molecule has 0 aromatic heterocycles. The van der Waals surface area contributed by atoms with E-state index in [1.54, 1.807) is 14.2 Å². The molecule has 1 rings (SSSR count). The number of hydrogen-bond donors (Lipinski definition) is 0. The molecule has 0 aromatic carbocycles. The van der Waals surface area contributed by atoms with Gasteiger partial charge in [0.2, 0.25) is 0 Å². The molecular weight excluding hydrogens is 200 g/mol. The second kappa shape index (κ2) is 5.82. The number of epoxide rings is 1. The highest BCUT2D eigenvalue weighted by Crippen LogP contribution is 2.19. The van der Waals surface area contributed by atoms with Gasteiger partial charge < -0.3 is 18.0 Å². The van der Waals surface area contributed by atoms with E-state index < -0.39 is 8.80 Å². The smallest absolute Gasteiger partial charge is 0.377 e. The molecule has 14 heavy (non-hydrogen) atoms. The van der Waals surface area contributed by atoms with Crippen molar-refractivity contribution in [3.63, 3.8) is 0 Å². The summed E-state index contributed by atoms with van der Waals surface area (Å²) in [6, 6.07) is 0.880. The molecule has 0 saturated carbocycles. The molecule has 0 amide bonds. The van der Waals surface area contributed by atoms with Gasteiger partial charge in [0.05, 0.1) is 12.7 Å². The lowest BCUT2D eigenvalue weighted by molar-refractivity contribution is 0.0945. The van der Waals surface area contributed by atoms with Crippen molar-refractivity contribution in [2.24, 2.45) is 0 Å². The summed E-state index contributed by atoms with van der Waals surface area (Å²) in [5, 5.41) is 0. The molecule has 1 aliphatic heterocycles. The van der Waals surface area contributed by atoms with Gasteiger partial charge in [-0.2, -0.15) is 0 Å². The SMILES string of the molecule is CCC[Si](OC)(OC)OCCC1CO1. The van der Waals surface area contributed by atoms with Crippen LogP contribution in [-0.2, 0) is 18.0 Å². The van der Waals surface area contributed by atoms with Gasteiger partial charge in [0.1, 0.15) is 0 Å². The number of ether oxygens (including phenoxy) is 1. The molecule has 0 N–H and O–H groups in total. The lowest BCUT2D eigenvalue weighted by Gasteiger charge is -2.25. The van der Waals surface area contributed by atoms with Crippen molar-refractivity contribution in [1.82, 2.24) is 0 Å². The fourth-order valence-corrected chi connectivity index (χ4v) is 3.36. The Labute approximate surface area is 86.9 Å². The minimum absolute atomic E-state index is 0.414. The molecule has 0 spiro atoms. The van der Waals surface area contributed by atoms with E-state index in [-0.39, 0.29) is 0 Å². The van der Waals surface area contributed by atoms with Crippen molar-refractivity contribution < 1.29 is 18.0 Å². The fraction of sp³-hybridized carbons (Fsp3) is 1.00. The van der Waals surface area contributed by atoms with E-state index in [1.807, 2.05) is 0 Å². The molecule has 0 aliphatic carbocycles. The van der Waals surface area contributed by atoms with Crippen LogP contribution in [0.1, 0.15) is 19.8 Å². The summed E-state index contributed by atoms with van der Waals surface area (Å²) in [6.45, 7) is 3.66. The van der Waals surface area contributed by atoms with Crippen molar-refractivity contribution in [2.45, 2.75) is 31.9 Å². The van der Waals surface area contributed by atoms with E-state index in [9.17, 15) is 0 Å². The first-order chi connectivity index (χ1) is 6.76. The Bertz CT molecular complexity index is 157. The third kappa shape index (κ3) is 3.66.